The Balaban J connectivity index is -0.00000134. The standard InChI is InChI=1S/C15H28N2O6.2C2H6/c1-12(2)13(18)4-7-22-8-5-17-15(20)11-23-9-6-16-14(19)10-21-3;2*1-2/h12H,4-11H2,1-3H3,(H,16,19)(H,17,20);2*1-2H3. The predicted molar refractivity (Wildman–Crippen MR) is 107 cm³/mol. The van der Waals surface area contributed by atoms with Crippen molar-refractivity contribution in [3.63, 3.8) is 0 Å². The van der Waals surface area contributed by atoms with Gasteiger partial charge in [-0.15, -0.1) is 0 Å². The molecule has 8 heteroatoms. The van der Waals surface area contributed by atoms with Crippen LogP contribution in [0.1, 0.15) is 48.0 Å². The zero-order chi connectivity index (χ0) is 21.5. The van der Waals surface area contributed by atoms with Crippen molar-refractivity contribution in [3.05, 3.63) is 0 Å². The Bertz CT molecular complexity index is 362. The highest BCUT2D eigenvalue weighted by atomic mass is 16.5. The molecule has 0 aromatic heterocycles. The largest absolute Gasteiger partial charge is 0.379 e. The van der Waals surface area contributed by atoms with Crippen molar-refractivity contribution in [1.29, 1.82) is 0 Å². The summed E-state index contributed by atoms with van der Waals surface area (Å²) in [5.74, 6) is -0.293. The highest BCUT2D eigenvalue weighted by molar-refractivity contribution is 5.80. The molecule has 0 bridgehead atoms. The number of amides is 2. The van der Waals surface area contributed by atoms with Crippen LogP contribution in [0.2, 0.25) is 0 Å². The van der Waals surface area contributed by atoms with Gasteiger partial charge in [-0.05, 0) is 0 Å². The summed E-state index contributed by atoms with van der Waals surface area (Å²) >= 11 is 0. The maximum atomic E-state index is 11.4. The lowest BCUT2D eigenvalue weighted by molar-refractivity contribution is -0.127. The van der Waals surface area contributed by atoms with Crippen molar-refractivity contribution < 1.29 is 28.6 Å². The van der Waals surface area contributed by atoms with Crippen LogP contribution < -0.4 is 10.6 Å². The van der Waals surface area contributed by atoms with Gasteiger partial charge in [-0.1, -0.05) is 41.5 Å². The molecule has 162 valence electrons. The fraction of sp³-hybridized carbons (Fsp3) is 0.842. The molecule has 0 unspecified atom stereocenters. The third kappa shape index (κ3) is 24.5. The average Bonchev–Trinajstić information content (AvgIpc) is 2.67. The SMILES string of the molecule is CC.CC.COCC(=O)NCCOCC(=O)NCCOCCC(=O)C(C)C. The van der Waals surface area contributed by atoms with Gasteiger partial charge in [-0.2, -0.15) is 0 Å². The Morgan fingerprint density at radius 1 is 0.778 bits per heavy atom. The monoisotopic (exact) mass is 392 g/mol. The first-order chi connectivity index (χ1) is 13.0. The van der Waals surface area contributed by atoms with Crippen molar-refractivity contribution in [2.24, 2.45) is 5.92 Å². The highest BCUT2D eigenvalue weighted by Gasteiger charge is 2.06. The van der Waals surface area contributed by atoms with E-state index in [1.165, 1.54) is 7.11 Å². The Morgan fingerprint density at radius 3 is 1.74 bits per heavy atom. The van der Waals surface area contributed by atoms with Gasteiger partial charge in [-0.3, -0.25) is 14.4 Å². The van der Waals surface area contributed by atoms with E-state index < -0.39 is 0 Å². The summed E-state index contributed by atoms with van der Waals surface area (Å²) in [6.45, 7) is 13.3. The molecule has 0 atom stereocenters. The van der Waals surface area contributed by atoms with Crippen LogP contribution in [0.4, 0.5) is 0 Å². The van der Waals surface area contributed by atoms with E-state index in [4.69, 9.17) is 9.47 Å². The molecule has 0 radical (unpaired) electrons. The van der Waals surface area contributed by atoms with Crippen molar-refractivity contribution in [1.82, 2.24) is 10.6 Å². The zero-order valence-corrected chi connectivity index (χ0v) is 18.2. The Hall–Kier alpha value is -1.51. The number of nitrogens with one attached hydrogen (secondary N) is 2. The first-order valence-corrected chi connectivity index (χ1v) is 9.68. The Morgan fingerprint density at radius 2 is 1.26 bits per heavy atom. The van der Waals surface area contributed by atoms with Gasteiger partial charge in [0.2, 0.25) is 11.8 Å². The summed E-state index contributed by atoms with van der Waals surface area (Å²) in [5.41, 5.74) is 0. The van der Waals surface area contributed by atoms with E-state index in [1.807, 2.05) is 41.5 Å². The number of ketones is 1. The maximum Gasteiger partial charge on any atom is 0.246 e. The number of carbonyl (C=O) groups excluding carboxylic acids is 3. The van der Waals surface area contributed by atoms with Gasteiger partial charge >= 0.3 is 0 Å². The first-order valence-electron chi connectivity index (χ1n) is 9.68. The Labute approximate surface area is 164 Å². The summed E-state index contributed by atoms with van der Waals surface area (Å²) in [5, 5.41) is 5.20. The number of ether oxygens (including phenoxy) is 3. The van der Waals surface area contributed by atoms with Gasteiger partial charge in [-0.25, -0.2) is 0 Å². The number of hydrogen-bond donors (Lipinski definition) is 2. The van der Waals surface area contributed by atoms with Crippen molar-refractivity contribution in [2.45, 2.75) is 48.0 Å². The van der Waals surface area contributed by atoms with Crippen LogP contribution in [0.3, 0.4) is 0 Å². The average molecular weight is 393 g/mol. The van der Waals surface area contributed by atoms with Crippen molar-refractivity contribution in [3.8, 4) is 0 Å². The van der Waals surface area contributed by atoms with Crippen LogP contribution in [0.5, 0.6) is 0 Å². The Kier molecular flexibility index (Phi) is 27.4. The molecule has 0 rings (SSSR count). The molecule has 0 saturated heterocycles. The van der Waals surface area contributed by atoms with E-state index in [1.54, 1.807) is 0 Å². The molecule has 0 heterocycles. The summed E-state index contributed by atoms with van der Waals surface area (Å²) in [6, 6.07) is 0. The van der Waals surface area contributed by atoms with E-state index in [2.05, 4.69) is 15.4 Å². The molecule has 0 aromatic rings. The molecule has 0 fully saturated rings. The van der Waals surface area contributed by atoms with Crippen molar-refractivity contribution >= 4 is 17.6 Å². The molecule has 0 aliphatic heterocycles. The lowest BCUT2D eigenvalue weighted by Crippen LogP contribution is -2.33. The second-order valence-electron chi connectivity index (χ2n) is 5.17. The lowest BCUT2D eigenvalue weighted by Gasteiger charge is -2.08. The summed E-state index contributed by atoms with van der Waals surface area (Å²) in [4.78, 5) is 33.8. The minimum absolute atomic E-state index is 0.00323. The van der Waals surface area contributed by atoms with Gasteiger partial charge in [0.1, 0.15) is 19.0 Å². The number of rotatable bonds is 14. The van der Waals surface area contributed by atoms with E-state index >= 15 is 0 Å². The zero-order valence-electron chi connectivity index (χ0n) is 18.2. The molecule has 8 nitrogen and oxygen atoms in total. The molecule has 0 spiro atoms. The number of carbonyl (C=O) groups is 3. The number of Topliss-reactive ketones (excluding diaryl/α,β-unsaturated/α-hetero) is 1. The fourth-order valence-electron chi connectivity index (χ4n) is 1.49. The molecule has 27 heavy (non-hydrogen) atoms. The predicted octanol–water partition coefficient (Wildman–Crippen LogP) is 1.57. The smallest absolute Gasteiger partial charge is 0.246 e. The van der Waals surface area contributed by atoms with Crippen LogP contribution in [0, 0.1) is 5.92 Å². The van der Waals surface area contributed by atoms with Crippen LogP contribution >= 0.6 is 0 Å². The quantitative estimate of drug-likeness (QED) is 0.435. The summed E-state index contributed by atoms with van der Waals surface area (Å²) in [6.07, 6.45) is 0.392. The normalized spacial score (nSPS) is 9.48. The van der Waals surface area contributed by atoms with Crippen LogP contribution in [-0.4, -0.2) is 70.8 Å². The second kappa shape index (κ2) is 24.5. The lowest BCUT2D eigenvalue weighted by atomic mass is 10.1. The van der Waals surface area contributed by atoms with Crippen LogP contribution in [0.15, 0.2) is 0 Å². The van der Waals surface area contributed by atoms with E-state index in [-0.39, 0.29) is 43.3 Å². The van der Waals surface area contributed by atoms with E-state index in [0.29, 0.717) is 32.7 Å². The van der Waals surface area contributed by atoms with E-state index in [9.17, 15) is 14.4 Å². The molecule has 2 amide bonds. The molecule has 0 aliphatic carbocycles. The topological polar surface area (TPSA) is 103 Å². The van der Waals surface area contributed by atoms with Crippen LogP contribution in [-0.2, 0) is 28.6 Å². The minimum atomic E-state index is -0.255. The molecule has 0 aromatic carbocycles. The summed E-state index contributed by atoms with van der Waals surface area (Å²) in [7, 11) is 1.44. The van der Waals surface area contributed by atoms with Gasteiger partial charge in [0.05, 0.1) is 19.8 Å². The second-order valence-corrected chi connectivity index (χ2v) is 5.17. The maximum absolute atomic E-state index is 11.4. The molecular weight excluding hydrogens is 352 g/mol. The minimum Gasteiger partial charge on any atom is -0.379 e. The fourth-order valence-corrected chi connectivity index (χ4v) is 1.49. The van der Waals surface area contributed by atoms with Gasteiger partial charge < -0.3 is 24.8 Å². The molecule has 0 saturated carbocycles. The van der Waals surface area contributed by atoms with Gasteiger partial charge in [0.15, 0.2) is 0 Å². The van der Waals surface area contributed by atoms with Crippen molar-refractivity contribution in [2.75, 3.05) is 53.2 Å². The van der Waals surface area contributed by atoms with Gasteiger partial charge in [0.25, 0.3) is 0 Å². The molecule has 2 N–H and O–H groups in total. The molecular formula is C19H40N2O6. The third-order valence-corrected chi connectivity index (χ3v) is 2.78. The third-order valence-electron chi connectivity index (χ3n) is 2.78. The summed E-state index contributed by atoms with van der Waals surface area (Å²) < 4.78 is 15.0. The number of methoxy groups -OCH3 is 1. The highest BCUT2D eigenvalue weighted by Crippen LogP contribution is 1.98. The van der Waals surface area contributed by atoms with E-state index in [0.717, 1.165) is 0 Å². The van der Waals surface area contributed by atoms with Gasteiger partial charge in [0, 0.05) is 32.5 Å². The number of hydrogen-bond acceptors (Lipinski definition) is 6. The van der Waals surface area contributed by atoms with Crippen LogP contribution in [0.25, 0.3) is 0 Å². The first kappa shape index (κ1) is 30.2. The molecule has 0 aliphatic rings.